The molecular formula is C23H21ClN2O6S. The summed E-state index contributed by atoms with van der Waals surface area (Å²) in [6.45, 7) is -0.498. The maximum absolute atomic E-state index is 12.7. The Balaban J connectivity index is 1.62. The Morgan fingerprint density at radius 1 is 0.970 bits per heavy atom. The van der Waals surface area contributed by atoms with Gasteiger partial charge in [-0.05, 0) is 48.0 Å². The predicted octanol–water partition coefficient (Wildman–Crippen LogP) is 3.62. The van der Waals surface area contributed by atoms with Crippen LogP contribution in [0.25, 0.3) is 0 Å². The van der Waals surface area contributed by atoms with Crippen molar-refractivity contribution < 1.29 is 27.5 Å². The van der Waals surface area contributed by atoms with Crippen molar-refractivity contribution in [2.45, 2.75) is 11.4 Å². The summed E-state index contributed by atoms with van der Waals surface area (Å²) >= 11 is 6.06. The number of esters is 1. The normalized spacial score (nSPS) is 11.0. The average Bonchev–Trinajstić information content (AvgIpc) is 2.82. The Morgan fingerprint density at radius 3 is 2.33 bits per heavy atom. The first kappa shape index (κ1) is 24.2. The summed E-state index contributed by atoms with van der Waals surface area (Å²) in [5, 5.41) is 2.53. The van der Waals surface area contributed by atoms with Crippen LogP contribution in [0.2, 0.25) is 5.02 Å². The first-order valence-electron chi connectivity index (χ1n) is 9.72. The summed E-state index contributed by atoms with van der Waals surface area (Å²) in [7, 11) is -2.47. The highest BCUT2D eigenvalue weighted by Gasteiger charge is 2.21. The molecule has 0 bridgehead atoms. The van der Waals surface area contributed by atoms with Crippen LogP contribution in [-0.4, -0.2) is 34.0 Å². The van der Waals surface area contributed by atoms with Crippen molar-refractivity contribution in [2.75, 3.05) is 19.0 Å². The maximum Gasteiger partial charge on any atom is 0.338 e. The lowest BCUT2D eigenvalue weighted by Crippen LogP contribution is -2.24. The van der Waals surface area contributed by atoms with Crippen molar-refractivity contribution in [3.8, 4) is 5.75 Å². The molecule has 0 spiro atoms. The van der Waals surface area contributed by atoms with Crippen LogP contribution < -0.4 is 14.8 Å². The Kier molecular flexibility index (Phi) is 8.05. The van der Waals surface area contributed by atoms with Gasteiger partial charge in [0.25, 0.3) is 5.91 Å². The monoisotopic (exact) mass is 488 g/mol. The van der Waals surface area contributed by atoms with Crippen molar-refractivity contribution in [1.82, 2.24) is 4.72 Å². The predicted molar refractivity (Wildman–Crippen MR) is 124 cm³/mol. The van der Waals surface area contributed by atoms with Gasteiger partial charge in [0.2, 0.25) is 10.0 Å². The van der Waals surface area contributed by atoms with Crippen molar-refractivity contribution in [1.29, 1.82) is 0 Å². The molecule has 0 saturated heterocycles. The van der Waals surface area contributed by atoms with E-state index in [0.717, 1.165) is 11.6 Å². The van der Waals surface area contributed by atoms with Crippen LogP contribution in [0.15, 0.2) is 77.7 Å². The molecule has 10 heteroatoms. The van der Waals surface area contributed by atoms with E-state index in [-0.39, 0.29) is 22.0 Å². The second kappa shape index (κ2) is 11.0. The molecule has 3 aromatic rings. The van der Waals surface area contributed by atoms with Crippen LogP contribution in [0.1, 0.15) is 15.9 Å². The highest BCUT2D eigenvalue weighted by molar-refractivity contribution is 7.89. The van der Waals surface area contributed by atoms with Gasteiger partial charge < -0.3 is 14.8 Å². The molecule has 3 aromatic carbocycles. The molecule has 0 heterocycles. The molecule has 0 aliphatic rings. The van der Waals surface area contributed by atoms with Crippen LogP contribution in [0.4, 0.5) is 5.69 Å². The van der Waals surface area contributed by atoms with E-state index in [1.165, 1.54) is 19.2 Å². The number of carbonyl (C=O) groups is 2. The number of benzene rings is 3. The lowest BCUT2D eigenvalue weighted by Gasteiger charge is -2.11. The third-order valence-corrected chi connectivity index (χ3v) is 6.36. The SMILES string of the molecule is COc1ccc(NC(=O)COC(=O)c2ccc(Cl)c(S(=O)(=O)NCc3ccccc3)c2)cc1. The molecular weight excluding hydrogens is 468 g/mol. The molecule has 2 N–H and O–H groups in total. The van der Waals surface area contributed by atoms with Gasteiger partial charge in [0.05, 0.1) is 17.7 Å². The van der Waals surface area contributed by atoms with E-state index in [4.69, 9.17) is 21.1 Å². The minimum Gasteiger partial charge on any atom is -0.497 e. The van der Waals surface area contributed by atoms with E-state index in [0.29, 0.717) is 11.4 Å². The van der Waals surface area contributed by atoms with Crippen molar-refractivity contribution in [2.24, 2.45) is 0 Å². The largest absolute Gasteiger partial charge is 0.497 e. The summed E-state index contributed by atoms with van der Waals surface area (Å²) in [6, 6.07) is 19.3. The van der Waals surface area contributed by atoms with Gasteiger partial charge in [0.1, 0.15) is 10.6 Å². The molecule has 0 fully saturated rings. The van der Waals surface area contributed by atoms with Gasteiger partial charge in [-0.1, -0.05) is 41.9 Å². The Labute approximate surface area is 196 Å². The van der Waals surface area contributed by atoms with Crippen LogP contribution >= 0.6 is 11.6 Å². The molecule has 0 saturated carbocycles. The summed E-state index contributed by atoms with van der Waals surface area (Å²) in [4.78, 5) is 24.2. The van der Waals surface area contributed by atoms with E-state index in [2.05, 4.69) is 10.0 Å². The fourth-order valence-electron chi connectivity index (χ4n) is 2.77. The molecule has 1 amide bonds. The van der Waals surface area contributed by atoms with Gasteiger partial charge in [-0.25, -0.2) is 17.9 Å². The summed E-state index contributed by atoms with van der Waals surface area (Å²) in [6.07, 6.45) is 0. The topological polar surface area (TPSA) is 111 Å². The van der Waals surface area contributed by atoms with E-state index in [9.17, 15) is 18.0 Å². The Bertz CT molecular complexity index is 1230. The fraction of sp³-hybridized carbons (Fsp3) is 0.130. The highest BCUT2D eigenvalue weighted by Crippen LogP contribution is 2.23. The minimum atomic E-state index is -4.00. The molecule has 172 valence electrons. The number of amides is 1. The zero-order valence-corrected chi connectivity index (χ0v) is 19.2. The molecule has 0 aliphatic carbocycles. The van der Waals surface area contributed by atoms with Crippen molar-refractivity contribution >= 4 is 39.2 Å². The van der Waals surface area contributed by atoms with Gasteiger partial charge >= 0.3 is 5.97 Å². The number of methoxy groups -OCH3 is 1. The number of carbonyl (C=O) groups excluding carboxylic acids is 2. The number of rotatable bonds is 9. The number of sulfonamides is 1. The molecule has 3 rings (SSSR count). The van der Waals surface area contributed by atoms with Gasteiger partial charge in [-0.2, -0.15) is 0 Å². The number of anilines is 1. The van der Waals surface area contributed by atoms with E-state index >= 15 is 0 Å². The number of halogens is 1. The summed E-state index contributed by atoms with van der Waals surface area (Å²) in [5.41, 5.74) is 1.20. The zero-order chi connectivity index (χ0) is 23.8. The average molecular weight is 489 g/mol. The summed E-state index contributed by atoms with van der Waals surface area (Å²) < 4.78 is 37.9. The Morgan fingerprint density at radius 2 is 1.67 bits per heavy atom. The molecule has 33 heavy (non-hydrogen) atoms. The van der Waals surface area contributed by atoms with Crippen LogP contribution in [-0.2, 0) is 26.1 Å². The van der Waals surface area contributed by atoms with Gasteiger partial charge in [-0.3, -0.25) is 4.79 Å². The second-order valence-electron chi connectivity index (χ2n) is 6.81. The first-order chi connectivity index (χ1) is 15.8. The van der Waals surface area contributed by atoms with Gasteiger partial charge in [0, 0.05) is 12.2 Å². The highest BCUT2D eigenvalue weighted by atomic mass is 35.5. The minimum absolute atomic E-state index is 0.0515. The van der Waals surface area contributed by atoms with E-state index in [1.807, 2.05) is 6.07 Å². The van der Waals surface area contributed by atoms with Crippen LogP contribution in [0.3, 0.4) is 0 Å². The number of hydrogen-bond acceptors (Lipinski definition) is 6. The quantitative estimate of drug-likeness (QED) is 0.445. The third kappa shape index (κ3) is 6.79. The van der Waals surface area contributed by atoms with Crippen LogP contribution in [0.5, 0.6) is 5.75 Å². The van der Waals surface area contributed by atoms with Gasteiger partial charge in [-0.15, -0.1) is 0 Å². The lowest BCUT2D eigenvalue weighted by molar-refractivity contribution is -0.119. The zero-order valence-electron chi connectivity index (χ0n) is 17.6. The standard InChI is InChI=1S/C23H21ClN2O6S/c1-31-19-10-8-18(9-11-19)26-22(27)15-32-23(28)17-7-12-20(24)21(13-17)33(29,30)25-14-16-5-3-2-4-6-16/h2-13,25H,14-15H2,1H3,(H,26,27). The van der Waals surface area contributed by atoms with Gasteiger partial charge in [0.15, 0.2) is 6.61 Å². The molecule has 8 nitrogen and oxygen atoms in total. The summed E-state index contributed by atoms with van der Waals surface area (Å²) in [5.74, 6) is -0.790. The third-order valence-electron chi connectivity index (χ3n) is 4.47. The van der Waals surface area contributed by atoms with Crippen molar-refractivity contribution in [3.63, 3.8) is 0 Å². The van der Waals surface area contributed by atoms with Crippen molar-refractivity contribution in [3.05, 3.63) is 88.9 Å². The molecule has 0 radical (unpaired) electrons. The lowest BCUT2D eigenvalue weighted by atomic mass is 10.2. The Hall–Kier alpha value is -3.40. The van der Waals surface area contributed by atoms with E-state index < -0.39 is 28.5 Å². The van der Waals surface area contributed by atoms with E-state index in [1.54, 1.807) is 48.5 Å². The molecule has 0 aliphatic heterocycles. The number of hydrogen-bond donors (Lipinski definition) is 2. The molecule has 0 aromatic heterocycles. The maximum atomic E-state index is 12.7. The van der Waals surface area contributed by atoms with Crippen LogP contribution in [0, 0.1) is 0 Å². The molecule has 0 atom stereocenters. The number of nitrogens with one attached hydrogen (secondary N) is 2. The fourth-order valence-corrected chi connectivity index (χ4v) is 4.32. The number of ether oxygens (including phenoxy) is 2. The first-order valence-corrected chi connectivity index (χ1v) is 11.6. The smallest absolute Gasteiger partial charge is 0.338 e. The molecule has 0 unspecified atom stereocenters. The second-order valence-corrected chi connectivity index (χ2v) is 8.95.